The first-order valence-corrected chi connectivity index (χ1v) is 6.20. The van der Waals surface area contributed by atoms with Crippen LogP contribution in [0.4, 0.5) is 0 Å². The normalized spacial score (nSPS) is 12.4. The molecule has 0 fully saturated rings. The zero-order valence-electron chi connectivity index (χ0n) is 9.82. The van der Waals surface area contributed by atoms with Crippen molar-refractivity contribution in [3.63, 3.8) is 0 Å². The number of nitrogens with two attached hydrogens (primary N) is 1. The molecule has 2 rings (SSSR count). The molecule has 0 saturated heterocycles. The van der Waals surface area contributed by atoms with Gasteiger partial charge in [-0.3, -0.25) is 10.8 Å². The maximum Gasteiger partial charge on any atom is 0.0726 e. The van der Waals surface area contributed by atoms with Crippen LogP contribution < -0.4 is 11.3 Å². The molecular weight excluding hydrogens is 269 g/mol. The molecule has 0 bridgehead atoms. The van der Waals surface area contributed by atoms with Gasteiger partial charge in [-0.25, -0.2) is 5.43 Å². The molecule has 3 N–H and O–H groups in total. The fourth-order valence-corrected chi connectivity index (χ4v) is 2.19. The van der Waals surface area contributed by atoms with E-state index in [0.29, 0.717) is 10.0 Å². The van der Waals surface area contributed by atoms with Crippen molar-refractivity contribution in [2.45, 2.75) is 13.0 Å². The van der Waals surface area contributed by atoms with Crippen LogP contribution in [0.5, 0.6) is 0 Å². The largest absolute Gasteiger partial charge is 0.271 e. The van der Waals surface area contributed by atoms with Gasteiger partial charge in [0.05, 0.1) is 11.1 Å². The Morgan fingerprint density at radius 3 is 2.61 bits per heavy atom. The van der Waals surface area contributed by atoms with Gasteiger partial charge in [0, 0.05) is 17.4 Å². The molecule has 3 nitrogen and oxygen atoms in total. The molecule has 1 heterocycles. The minimum absolute atomic E-state index is 0.210. The van der Waals surface area contributed by atoms with Crippen LogP contribution in [-0.2, 0) is 0 Å². The summed E-state index contributed by atoms with van der Waals surface area (Å²) in [5.41, 5.74) is 5.61. The first-order valence-electron chi connectivity index (χ1n) is 5.45. The summed E-state index contributed by atoms with van der Waals surface area (Å²) in [5, 5.41) is 1.27. The summed E-state index contributed by atoms with van der Waals surface area (Å²) in [6.07, 6.45) is 3.28. The van der Waals surface area contributed by atoms with Gasteiger partial charge in [0.15, 0.2) is 0 Å². The van der Waals surface area contributed by atoms with Crippen molar-refractivity contribution in [3.05, 3.63) is 63.4 Å². The lowest BCUT2D eigenvalue weighted by atomic mass is 9.99. The van der Waals surface area contributed by atoms with Gasteiger partial charge in [0.25, 0.3) is 0 Å². The van der Waals surface area contributed by atoms with Crippen molar-refractivity contribution in [1.29, 1.82) is 0 Å². The molecule has 0 saturated carbocycles. The molecule has 1 unspecified atom stereocenters. The molecule has 0 radical (unpaired) electrons. The third-order valence-electron chi connectivity index (χ3n) is 2.81. The van der Waals surface area contributed by atoms with Crippen molar-refractivity contribution >= 4 is 23.2 Å². The molecule has 0 spiro atoms. The topological polar surface area (TPSA) is 50.9 Å². The molecule has 94 valence electrons. The van der Waals surface area contributed by atoms with Crippen LogP contribution in [0.2, 0.25) is 10.0 Å². The van der Waals surface area contributed by atoms with Gasteiger partial charge in [-0.2, -0.15) is 0 Å². The van der Waals surface area contributed by atoms with E-state index in [2.05, 4.69) is 10.4 Å². The van der Waals surface area contributed by atoms with Crippen molar-refractivity contribution in [2.24, 2.45) is 5.84 Å². The quantitative estimate of drug-likeness (QED) is 0.671. The predicted molar refractivity (Wildman–Crippen MR) is 74.6 cm³/mol. The highest BCUT2D eigenvalue weighted by molar-refractivity contribution is 6.31. The number of hydrogen-bond donors (Lipinski definition) is 2. The fourth-order valence-electron chi connectivity index (χ4n) is 1.77. The molecule has 0 aliphatic rings. The number of nitrogens with one attached hydrogen (secondary N) is 1. The smallest absolute Gasteiger partial charge is 0.0726 e. The van der Waals surface area contributed by atoms with Gasteiger partial charge in [0.1, 0.15) is 0 Å². The lowest BCUT2D eigenvalue weighted by molar-refractivity contribution is 0.636. The number of benzene rings is 1. The molecule has 18 heavy (non-hydrogen) atoms. The Balaban J connectivity index is 2.45. The Bertz CT molecular complexity index is 558. The van der Waals surface area contributed by atoms with E-state index in [1.165, 1.54) is 0 Å². The molecule has 0 amide bonds. The average molecular weight is 282 g/mol. The van der Waals surface area contributed by atoms with Crippen LogP contribution in [0.3, 0.4) is 0 Å². The van der Waals surface area contributed by atoms with E-state index >= 15 is 0 Å². The van der Waals surface area contributed by atoms with Gasteiger partial charge in [-0.15, -0.1) is 0 Å². The van der Waals surface area contributed by atoms with E-state index < -0.39 is 0 Å². The first-order chi connectivity index (χ1) is 8.63. The van der Waals surface area contributed by atoms with Gasteiger partial charge < -0.3 is 0 Å². The van der Waals surface area contributed by atoms with Crippen molar-refractivity contribution in [3.8, 4) is 0 Å². The molecule has 5 heteroatoms. The van der Waals surface area contributed by atoms with Crippen molar-refractivity contribution in [2.75, 3.05) is 0 Å². The van der Waals surface area contributed by atoms with E-state index in [0.717, 1.165) is 16.7 Å². The van der Waals surface area contributed by atoms with Gasteiger partial charge in [-0.05, 0) is 35.7 Å². The number of nitrogens with zero attached hydrogens (tertiary/aromatic N) is 1. The summed E-state index contributed by atoms with van der Waals surface area (Å²) < 4.78 is 0. The van der Waals surface area contributed by atoms with Crippen molar-refractivity contribution in [1.82, 2.24) is 10.4 Å². The highest BCUT2D eigenvalue weighted by Gasteiger charge is 2.16. The third-order valence-corrected chi connectivity index (χ3v) is 3.53. The van der Waals surface area contributed by atoms with E-state index in [1.807, 2.05) is 31.2 Å². The van der Waals surface area contributed by atoms with E-state index in [-0.39, 0.29) is 6.04 Å². The van der Waals surface area contributed by atoms with Crippen LogP contribution in [0, 0.1) is 6.92 Å². The number of hydrazine groups is 1. The standard InChI is InChI=1S/C13H13Cl2N3/c1-8-2-3-9(6-11(8)14)13(18-16)10-4-5-17-7-12(10)15/h2-7,13,18H,16H2,1H3. The first kappa shape index (κ1) is 13.3. The Hall–Kier alpha value is -1.13. The minimum Gasteiger partial charge on any atom is -0.271 e. The number of aryl methyl sites for hydroxylation is 1. The Morgan fingerprint density at radius 1 is 1.22 bits per heavy atom. The van der Waals surface area contributed by atoms with Gasteiger partial charge in [0.2, 0.25) is 0 Å². The highest BCUT2D eigenvalue weighted by atomic mass is 35.5. The third kappa shape index (κ3) is 2.65. The molecule has 1 aromatic heterocycles. The summed E-state index contributed by atoms with van der Waals surface area (Å²) in [5.74, 6) is 5.62. The number of aromatic nitrogens is 1. The summed E-state index contributed by atoms with van der Waals surface area (Å²) in [6.45, 7) is 1.95. The highest BCUT2D eigenvalue weighted by Crippen LogP contribution is 2.29. The molecular formula is C13H13Cl2N3. The van der Waals surface area contributed by atoms with Crippen LogP contribution in [0.15, 0.2) is 36.7 Å². The average Bonchev–Trinajstić information content (AvgIpc) is 2.37. The lowest BCUT2D eigenvalue weighted by Gasteiger charge is -2.18. The molecule has 0 aliphatic carbocycles. The van der Waals surface area contributed by atoms with Crippen LogP contribution >= 0.6 is 23.2 Å². The second-order valence-corrected chi connectivity index (χ2v) is 4.82. The van der Waals surface area contributed by atoms with Crippen LogP contribution in [0.25, 0.3) is 0 Å². The van der Waals surface area contributed by atoms with Crippen LogP contribution in [0.1, 0.15) is 22.7 Å². The molecule has 0 aliphatic heterocycles. The minimum atomic E-state index is -0.210. The van der Waals surface area contributed by atoms with E-state index in [1.54, 1.807) is 12.4 Å². The summed E-state index contributed by atoms with van der Waals surface area (Å²) in [4.78, 5) is 3.96. The monoisotopic (exact) mass is 281 g/mol. The zero-order chi connectivity index (χ0) is 13.1. The maximum atomic E-state index is 6.13. The lowest BCUT2D eigenvalue weighted by Crippen LogP contribution is -2.29. The Morgan fingerprint density at radius 2 is 2.00 bits per heavy atom. The van der Waals surface area contributed by atoms with Gasteiger partial charge >= 0.3 is 0 Å². The molecule has 1 aromatic carbocycles. The fraction of sp³-hybridized carbons (Fsp3) is 0.154. The number of hydrogen-bond acceptors (Lipinski definition) is 3. The number of rotatable bonds is 3. The molecule has 2 aromatic rings. The SMILES string of the molecule is Cc1ccc(C(NN)c2ccncc2Cl)cc1Cl. The second kappa shape index (κ2) is 5.67. The van der Waals surface area contributed by atoms with E-state index in [4.69, 9.17) is 29.0 Å². The van der Waals surface area contributed by atoms with Gasteiger partial charge in [-0.1, -0.05) is 35.3 Å². The zero-order valence-corrected chi connectivity index (χ0v) is 11.3. The number of pyridine rings is 1. The van der Waals surface area contributed by atoms with Crippen LogP contribution in [-0.4, -0.2) is 4.98 Å². The van der Waals surface area contributed by atoms with Crippen molar-refractivity contribution < 1.29 is 0 Å². The second-order valence-electron chi connectivity index (χ2n) is 4.01. The number of halogens is 2. The predicted octanol–water partition coefficient (Wildman–Crippen LogP) is 3.25. The Labute approximate surface area is 116 Å². The maximum absolute atomic E-state index is 6.13. The summed E-state index contributed by atoms with van der Waals surface area (Å²) >= 11 is 12.3. The van der Waals surface area contributed by atoms with E-state index in [9.17, 15) is 0 Å². The summed E-state index contributed by atoms with van der Waals surface area (Å²) in [6, 6.07) is 7.44. The molecule has 1 atom stereocenters. The Kier molecular flexibility index (Phi) is 4.19. The summed E-state index contributed by atoms with van der Waals surface area (Å²) in [7, 11) is 0.